The molecule has 0 radical (unpaired) electrons. The number of aryl methyl sites for hydroxylation is 3. The van der Waals surface area contributed by atoms with Crippen molar-refractivity contribution in [2.75, 3.05) is 0 Å². The standard InChI is InChI=1S/C19H23NO/c1-4-15-9-10-16(5-2)18(12-15)13-20-19(21)17-8-6-7-14(3)11-17/h6-12H,4-5,13H2,1-3H3,(H,20,21). The number of amides is 1. The van der Waals surface area contributed by atoms with Gasteiger partial charge >= 0.3 is 0 Å². The predicted molar refractivity (Wildman–Crippen MR) is 87.5 cm³/mol. The lowest BCUT2D eigenvalue weighted by molar-refractivity contribution is 0.0950. The van der Waals surface area contributed by atoms with E-state index in [0.29, 0.717) is 6.54 Å². The van der Waals surface area contributed by atoms with Crippen LogP contribution in [0.5, 0.6) is 0 Å². The molecule has 0 aliphatic heterocycles. The Morgan fingerprint density at radius 3 is 2.48 bits per heavy atom. The number of benzene rings is 2. The van der Waals surface area contributed by atoms with Crippen molar-refractivity contribution in [2.24, 2.45) is 0 Å². The number of carbonyl (C=O) groups excluding carboxylic acids is 1. The normalized spacial score (nSPS) is 10.4. The number of hydrogen-bond acceptors (Lipinski definition) is 1. The zero-order chi connectivity index (χ0) is 15.2. The molecule has 2 nitrogen and oxygen atoms in total. The van der Waals surface area contributed by atoms with Gasteiger partial charge in [0.25, 0.3) is 5.91 Å². The van der Waals surface area contributed by atoms with Crippen molar-refractivity contribution in [3.8, 4) is 0 Å². The van der Waals surface area contributed by atoms with Crippen molar-refractivity contribution in [2.45, 2.75) is 40.2 Å². The summed E-state index contributed by atoms with van der Waals surface area (Å²) in [6.45, 7) is 6.88. The third-order valence-electron chi connectivity index (χ3n) is 3.78. The third kappa shape index (κ3) is 3.94. The van der Waals surface area contributed by atoms with Gasteiger partial charge in [0.15, 0.2) is 0 Å². The Kier molecular flexibility index (Phi) is 5.15. The average Bonchev–Trinajstić information content (AvgIpc) is 2.52. The fraction of sp³-hybridized carbons (Fsp3) is 0.316. The summed E-state index contributed by atoms with van der Waals surface area (Å²) in [7, 11) is 0. The second-order valence-electron chi connectivity index (χ2n) is 5.36. The molecule has 1 N–H and O–H groups in total. The summed E-state index contributed by atoms with van der Waals surface area (Å²) in [5, 5.41) is 3.03. The van der Waals surface area contributed by atoms with Gasteiger partial charge in [0, 0.05) is 12.1 Å². The molecule has 110 valence electrons. The van der Waals surface area contributed by atoms with Gasteiger partial charge < -0.3 is 5.32 Å². The van der Waals surface area contributed by atoms with Crippen molar-refractivity contribution in [1.82, 2.24) is 5.32 Å². The average molecular weight is 281 g/mol. The van der Waals surface area contributed by atoms with Gasteiger partial charge in [0.2, 0.25) is 0 Å². The van der Waals surface area contributed by atoms with E-state index < -0.39 is 0 Å². The first-order valence-electron chi connectivity index (χ1n) is 7.59. The van der Waals surface area contributed by atoms with Crippen molar-refractivity contribution in [3.05, 3.63) is 70.3 Å². The third-order valence-corrected chi connectivity index (χ3v) is 3.78. The van der Waals surface area contributed by atoms with Gasteiger partial charge in [0.05, 0.1) is 0 Å². The number of hydrogen-bond donors (Lipinski definition) is 1. The van der Waals surface area contributed by atoms with Crippen LogP contribution in [0.2, 0.25) is 0 Å². The maximum atomic E-state index is 12.2. The molecule has 2 rings (SSSR count). The summed E-state index contributed by atoms with van der Waals surface area (Å²) >= 11 is 0. The van der Waals surface area contributed by atoms with Crippen LogP contribution in [0.4, 0.5) is 0 Å². The molecule has 1 amide bonds. The lowest BCUT2D eigenvalue weighted by Gasteiger charge is -2.11. The maximum Gasteiger partial charge on any atom is 0.251 e. The molecule has 0 unspecified atom stereocenters. The Bertz CT molecular complexity index is 631. The fourth-order valence-corrected chi connectivity index (χ4v) is 2.47. The minimum atomic E-state index is -0.0114. The molecule has 0 heterocycles. The van der Waals surface area contributed by atoms with Crippen LogP contribution < -0.4 is 5.32 Å². The van der Waals surface area contributed by atoms with Crippen LogP contribution in [0.15, 0.2) is 42.5 Å². The summed E-state index contributed by atoms with van der Waals surface area (Å²) in [4.78, 5) is 12.2. The first-order valence-corrected chi connectivity index (χ1v) is 7.59. The lowest BCUT2D eigenvalue weighted by Crippen LogP contribution is -2.23. The van der Waals surface area contributed by atoms with Crippen LogP contribution in [0.1, 0.15) is 46.5 Å². The van der Waals surface area contributed by atoms with Gasteiger partial charge in [-0.2, -0.15) is 0 Å². The molecular formula is C19H23NO. The zero-order valence-corrected chi connectivity index (χ0v) is 13.1. The van der Waals surface area contributed by atoms with E-state index in [1.807, 2.05) is 31.2 Å². The lowest BCUT2D eigenvalue weighted by atomic mass is 10.0. The van der Waals surface area contributed by atoms with E-state index in [4.69, 9.17) is 0 Å². The first kappa shape index (κ1) is 15.3. The summed E-state index contributed by atoms with van der Waals surface area (Å²) in [5.41, 5.74) is 5.66. The van der Waals surface area contributed by atoms with Gasteiger partial charge in [-0.3, -0.25) is 4.79 Å². The van der Waals surface area contributed by atoms with Gasteiger partial charge in [-0.05, 0) is 48.6 Å². The summed E-state index contributed by atoms with van der Waals surface area (Å²) in [5.74, 6) is -0.0114. The molecule has 0 aliphatic carbocycles. The number of carbonyl (C=O) groups is 1. The van der Waals surface area contributed by atoms with Crippen LogP contribution >= 0.6 is 0 Å². The molecule has 0 spiro atoms. The smallest absolute Gasteiger partial charge is 0.251 e. The minimum Gasteiger partial charge on any atom is -0.348 e. The van der Waals surface area contributed by atoms with E-state index in [1.54, 1.807) is 0 Å². The summed E-state index contributed by atoms with van der Waals surface area (Å²) in [6.07, 6.45) is 2.00. The molecule has 2 aromatic carbocycles. The molecule has 0 aromatic heterocycles. The highest BCUT2D eigenvalue weighted by molar-refractivity contribution is 5.94. The van der Waals surface area contributed by atoms with Crippen LogP contribution in [0.25, 0.3) is 0 Å². The van der Waals surface area contributed by atoms with E-state index in [0.717, 1.165) is 24.0 Å². The largest absolute Gasteiger partial charge is 0.348 e. The number of rotatable bonds is 5. The van der Waals surface area contributed by atoms with E-state index >= 15 is 0 Å². The first-order chi connectivity index (χ1) is 10.1. The van der Waals surface area contributed by atoms with Crippen molar-refractivity contribution < 1.29 is 4.79 Å². The molecule has 2 heteroatoms. The molecule has 0 saturated carbocycles. The zero-order valence-electron chi connectivity index (χ0n) is 13.1. The van der Waals surface area contributed by atoms with Gasteiger partial charge in [-0.1, -0.05) is 49.7 Å². The highest BCUT2D eigenvalue weighted by Gasteiger charge is 2.07. The predicted octanol–water partition coefficient (Wildman–Crippen LogP) is 4.05. The van der Waals surface area contributed by atoms with E-state index in [9.17, 15) is 4.79 Å². The Hall–Kier alpha value is -2.09. The molecule has 0 atom stereocenters. The van der Waals surface area contributed by atoms with Crippen molar-refractivity contribution in [3.63, 3.8) is 0 Å². The van der Waals surface area contributed by atoms with Crippen LogP contribution in [0, 0.1) is 6.92 Å². The van der Waals surface area contributed by atoms with E-state index in [2.05, 4.69) is 37.4 Å². The second-order valence-corrected chi connectivity index (χ2v) is 5.36. The van der Waals surface area contributed by atoms with Gasteiger partial charge in [-0.25, -0.2) is 0 Å². The van der Waals surface area contributed by atoms with Crippen LogP contribution in [0.3, 0.4) is 0 Å². The fourth-order valence-electron chi connectivity index (χ4n) is 2.47. The molecule has 0 fully saturated rings. The molecule has 0 bridgehead atoms. The SMILES string of the molecule is CCc1ccc(CC)c(CNC(=O)c2cccc(C)c2)c1. The van der Waals surface area contributed by atoms with Crippen LogP contribution in [-0.2, 0) is 19.4 Å². The minimum absolute atomic E-state index is 0.0114. The second kappa shape index (κ2) is 7.07. The Balaban J connectivity index is 2.10. The topological polar surface area (TPSA) is 29.1 Å². The van der Waals surface area contributed by atoms with Crippen LogP contribution in [-0.4, -0.2) is 5.91 Å². The quantitative estimate of drug-likeness (QED) is 0.880. The number of nitrogens with one attached hydrogen (secondary N) is 1. The Morgan fingerprint density at radius 2 is 1.81 bits per heavy atom. The molecule has 2 aromatic rings. The van der Waals surface area contributed by atoms with E-state index in [1.165, 1.54) is 16.7 Å². The van der Waals surface area contributed by atoms with Crippen molar-refractivity contribution >= 4 is 5.91 Å². The Morgan fingerprint density at radius 1 is 1.00 bits per heavy atom. The van der Waals surface area contributed by atoms with E-state index in [-0.39, 0.29) is 5.91 Å². The maximum absolute atomic E-state index is 12.2. The highest BCUT2D eigenvalue weighted by Crippen LogP contribution is 2.14. The summed E-state index contributed by atoms with van der Waals surface area (Å²) in [6, 6.07) is 14.2. The van der Waals surface area contributed by atoms with Gasteiger partial charge in [0.1, 0.15) is 0 Å². The molecule has 0 aliphatic rings. The molecular weight excluding hydrogens is 258 g/mol. The van der Waals surface area contributed by atoms with Gasteiger partial charge in [-0.15, -0.1) is 0 Å². The highest BCUT2D eigenvalue weighted by atomic mass is 16.1. The van der Waals surface area contributed by atoms with Crippen molar-refractivity contribution in [1.29, 1.82) is 0 Å². The summed E-state index contributed by atoms with van der Waals surface area (Å²) < 4.78 is 0. The molecule has 21 heavy (non-hydrogen) atoms. The molecule has 0 saturated heterocycles. The Labute approximate surface area is 127 Å². The monoisotopic (exact) mass is 281 g/mol.